The predicted octanol–water partition coefficient (Wildman–Crippen LogP) is -7.66. The lowest BCUT2D eigenvalue weighted by Crippen LogP contribution is -2.46. The summed E-state index contributed by atoms with van der Waals surface area (Å²) in [5, 5.41) is 43.1. The second-order valence-corrected chi connectivity index (χ2v) is 22.5. The second kappa shape index (κ2) is 20.5. The average Bonchev–Trinajstić information content (AvgIpc) is 4.17. The maximum atomic E-state index is 13.6. The molecule has 3 aliphatic rings. The predicted molar refractivity (Wildman–Crippen MR) is 235 cm³/mol. The molecule has 0 radical (unpaired) electrons. The van der Waals surface area contributed by atoms with Gasteiger partial charge in [0.1, 0.15) is 60.5 Å². The molecule has 76 heavy (non-hydrogen) atoms. The highest BCUT2D eigenvalue weighted by atomic mass is 31.3. The standard InChI is InChI=1S/C32H44N16O24P4/c1-45-8-48(24-14(45)26(54)44-32(36)42-24)28-18(52)16(50)10(68-28)4-65-74(57,58)71-76(61,62)72-75(59,60)66-5-11-19(20(63-2)29(69-11)47-6-37-12-21(33)39-30(34)40-22(12)47)70-73(55,56)64-3-9-15(49)17(51)27(67-9)46-7-38-13-23(46)41-31(35)43-25(13)53/h6-11,15-20,27-29,49-52H,3-5H2,1-2H3,(H13-,33,34,35,36,39,40,41,42,43,44,53,54,55,56,57,58,59,60,61,62)/p-3/t9-,10-,11-,15+,16+,17?,18?,19+,20?,27-,28-,29-/m1/s1. The Morgan fingerprint density at radius 2 is 1.21 bits per heavy atom. The highest BCUT2D eigenvalue weighted by Crippen LogP contribution is 2.63. The quantitative estimate of drug-likeness (QED) is 0.0266. The molecule has 0 bridgehead atoms. The van der Waals surface area contributed by atoms with Crippen LogP contribution in [0, 0.1) is 0 Å². The molecule has 0 aromatic carbocycles. The van der Waals surface area contributed by atoms with Crippen LogP contribution in [0.4, 0.5) is 23.7 Å². The summed E-state index contributed by atoms with van der Waals surface area (Å²) >= 11 is 0. The van der Waals surface area contributed by atoms with Crippen molar-refractivity contribution in [1.29, 1.82) is 0 Å². The first-order valence-corrected chi connectivity index (χ1v) is 27.1. The zero-order valence-corrected chi connectivity index (χ0v) is 41.9. The molecule has 40 nitrogen and oxygen atoms in total. The van der Waals surface area contributed by atoms with Gasteiger partial charge in [0.15, 0.2) is 41.4 Å². The van der Waals surface area contributed by atoms with Gasteiger partial charge in [-0.15, -0.1) is 0 Å². The zero-order valence-electron chi connectivity index (χ0n) is 38.3. The number of nitrogens with two attached hydrogens (primary N) is 4. The molecule has 9 heterocycles. The van der Waals surface area contributed by atoms with E-state index in [0.29, 0.717) is 0 Å². The smallest absolute Gasteiger partial charge is 0.313 e. The fourth-order valence-corrected chi connectivity index (χ4v) is 12.7. The Labute approximate surface area is 420 Å². The number of phosphoric ester groups is 3. The van der Waals surface area contributed by atoms with Crippen LogP contribution in [0.5, 0.6) is 0 Å². The van der Waals surface area contributed by atoms with E-state index in [-0.39, 0.29) is 57.2 Å². The molecule has 416 valence electrons. The SMILES string of the molecule is COC1[C@@H](OP(=O)([O-])OC[C@H]2O[C@@H](n3cnc4c(=O)[nH]c(N)nc43)C(O)[C@H]2O)[C@@H](COP(=O)([O-])OP(=O)([O-])OP(=O)([O-])OC[C@H]2O[C@@H]([n+]3cn(C)c4c(=O)[nH]c(N)nc43)C(O)[C@H]2O)O[C@H]1n1cnc2c(N)nc(N)nc21. The van der Waals surface area contributed by atoms with Gasteiger partial charge < -0.3 is 100.0 Å². The number of H-pyrrole nitrogens is 2. The van der Waals surface area contributed by atoms with Gasteiger partial charge in [-0.05, 0) is 0 Å². The highest BCUT2D eigenvalue weighted by molar-refractivity contribution is 7.65. The van der Waals surface area contributed by atoms with E-state index in [1.807, 2.05) is 0 Å². The molecule has 14 N–H and O–H groups in total. The lowest BCUT2D eigenvalue weighted by atomic mass is 10.1. The molecule has 9 rings (SSSR count). The number of nitrogens with one attached hydrogen (secondary N) is 2. The lowest BCUT2D eigenvalue weighted by Gasteiger charge is -2.35. The van der Waals surface area contributed by atoms with Crippen LogP contribution in [0.2, 0.25) is 0 Å². The first-order chi connectivity index (χ1) is 35.6. The summed E-state index contributed by atoms with van der Waals surface area (Å²) in [6.45, 7) is -3.78. The topological polar surface area (TPSA) is 600 Å². The molecule has 6 aromatic rings. The van der Waals surface area contributed by atoms with Crippen molar-refractivity contribution in [3.05, 3.63) is 39.7 Å². The van der Waals surface area contributed by atoms with Crippen LogP contribution >= 0.6 is 31.3 Å². The summed E-state index contributed by atoms with van der Waals surface area (Å²) in [5.41, 5.74) is 20.7. The summed E-state index contributed by atoms with van der Waals surface area (Å²) in [5.74, 6) is -1.27. The fourth-order valence-electron chi connectivity index (χ4n) is 8.34. The van der Waals surface area contributed by atoms with E-state index < -0.39 is 136 Å². The summed E-state index contributed by atoms with van der Waals surface area (Å²) < 4.78 is 106. The Balaban J connectivity index is 0.870. The number of aromatic amines is 2. The Hall–Kier alpha value is -5.35. The van der Waals surface area contributed by atoms with Crippen LogP contribution in [-0.4, -0.2) is 156 Å². The molecule has 6 aromatic heterocycles. The molecule has 7 unspecified atom stereocenters. The first kappa shape index (κ1) is 55.4. The van der Waals surface area contributed by atoms with Crippen molar-refractivity contribution in [3.8, 4) is 0 Å². The van der Waals surface area contributed by atoms with Crippen LogP contribution in [0.3, 0.4) is 0 Å². The number of nitrogen functional groups attached to an aromatic ring is 4. The van der Waals surface area contributed by atoms with Gasteiger partial charge in [-0.1, -0.05) is 4.98 Å². The minimum absolute atomic E-state index is 0.0524. The molecule has 3 aliphatic heterocycles. The van der Waals surface area contributed by atoms with Crippen molar-refractivity contribution < 1.29 is 108 Å². The van der Waals surface area contributed by atoms with Gasteiger partial charge >= 0.3 is 5.65 Å². The third-order valence-electron chi connectivity index (χ3n) is 11.6. The van der Waals surface area contributed by atoms with Crippen LogP contribution in [0.15, 0.2) is 28.6 Å². The van der Waals surface area contributed by atoms with Crippen LogP contribution in [0.25, 0.3) is 33.5 Å². The van der Waals surface area contributed by atoms with Gasteiger partial charge in [0.25, 0.3) is 48.4 Å². The van der Waals surface area contributed by atoms with E-state index in [0.717, 1.165) is 33.5 Å². The molecule has 16 atom stereocenters. The largest absolute Gasteiger partial charge is 0.756 e. The Kier molecular flexibility index (Phi) is 14.9. The van der Waals surface area contributed by atoms with Gasteiger partial charge in [-0.3, -0.25) is 51.5 Å². The van der Waals surface area contributed by atoms with Crippen molar-refractivity contribution in [2.24, 2.45) is 7.05 Å². The molecule has 44 heteroatoms. The first-order valence-electron chi connectivity index (χ1n) is 21.3. The van der Waals surface area contributed by atoms with Crippen LogP contribution in [0.1, 0.15) is 18.7 Å². The maximum Gasteiger partial charge on any atom is 0.313 e. The Bertz CT molecular complexity index is 3520. The molecule has 3 saturated heterocycles. The number of fused-ring (bicyclic) bond motifs is 3. The summed E-state index contributed by atoms with van der Waals surface area (Å²) in [7, 11) is -22.5. The highest BCUT2D eigenvalue weighted by Gasteiger charge is 2.51. The van der Waals surface area contributed by atoms with Crippen molar-refractivity contribution >= 4 is 88.4 Å². The number of hydrogen-bond acceptors (Lipinski definition) is 34. The molecular weight excluding hydrogens is 1120 g/mol. The van der Waals surface area contributed by atoms with Crippen molar-refractivity contribution in [2.45, 2.75) is 73.6 Å². The Morgan fingerprint density at radius 1 is 0.671 bits per heavy atom. The number of hydrogen-bond donors (Lipinski definition) is 10. The molecule has 0 aliphatic carbocycles. The number of aryl methyl sites for hydroxylation is 1. The van der Waals surface area contributed by atoms with Gasteiger partial charge in [-0.25, -0.2) is 23.2 Å². The number of methoxy groups -OCH3 is 1. The van der Waals surface area contributed by atoms with Gasteiger partial charge in [0.05, 0.1) is 39.5 Å². The summed E-state index contributed by atoms with van der Waals surface area (Å²) in [4.78, 5) is 105. The van der Waals surface area contributed by atoms with E-state index in [9.17, 15) is 67.8 Å². The number of aliphatic hydroxyl groups excluding tert-OH is 4. The van der Waals surface area contributed by atoms with Crippen LogP contribution in [-0.2, 0) is 71.0 Å². The summed E-state index contributed by atoms with van der Waals surface area (Å²) in [6, 6.07) is 0. The van der Waals surface area contributed by atoms with Crippen molar-refractivity contribution in [1.82, 2.24) is 53.6 Å². The normalized spacial score (nSPS) is 30.2. The number of rotatable bonds is 19. The van der Waals surface area contributed by atoms with E-state index in [1.165, 1.54) is 17.9 Å². The molecule has 0 saturated carbocycles. The van der Waals surface area contributed by atoms with Gasteiger partial charge in [0.2, 0.25) is 23.6 Å². The fraction of sp³-hybridized carbons (Fsp3) is 0.531. The maximum absolute atomic E-state index is 13.6. The molecular formula is C32H41N16O24P4-3. The van der Waals surface area contributed by atoms with E-state index in [4.69, 9.17) is 50.9 Å². The van der Waals surface area contributed by atoms with E-state index in [1.54, 1.807) is 0 Å². The zero-order chi connectivity index (χ0) is 55.1. The molecule has 0 amide bonds. The van der Waals surface area contributed by atoms with Gasteiger partial charge in [0, 0.05) is 7.11 Å². The minimum Gasteiger partial charge on any atom is -0.756 e. The summed E-state index contributed by atoms with van der Waals surface area (Å²) in [6.07, 6.45) is -18.0. The third-order valence-corrected chi connectivity index (χ3v) is 16.7. The Morgan fingerprint density at radius 3 is 1.87 bits per heavy atom. The number of anilines is 4. The third kappa shape index (κ3) is 10.9. The van der Waals surface area contributed by atoms with Crippen LogP contribution < -0.4 is 58.2 Å². The number of phosphoric acid groups is 4. The number of aliphatic hydroxyl groups is 4. The number of ether oxygens (including phenoxy) is 4. The number of aromatic nitrogens is 12. The van der Waals surface area contributed by atoms with Gasteiger partial charge in [-0.2, -0.15) is 15.0 Å². The average molecular weight is 1160 g/mol. The lowest BCUT2D eigenvalue weighted by molar-refractivity contribution is -0.745. The number of imidazole rings is 3. The second-order valence-electron chi connectivity index (χ2n) is 16.6. The number of nitrogens with zero attached hydrogens (tertiary/aromatic N) is 10. The molecule has 3 fully saturated rings. The molecule has 0 spiro atoms. The van der Waals surface area contributed by atoms with Crippen molar-refractivity contribution in [2.75, 3.05) is 49.9 Å². The van der Waals surface area contributed by atoms with E-state index >= 15 is 0 Å². The van der Waals surface area contributed by atoms with Crippen molar-refractivity contribution in [3.63, 3.8) is 0 Å². The minimum atomic E-state index is -6.61. The monoisotopic (exact) mass is 1160 g/mol. The van der Waals surface area contributed by atoms with E-state index in [2.05, 4.69) is 57.5 Å².